The van der Waals surface area contributed by atoms with E-state index in [9.17, 15) is 14.4 Å². The molecule has 27 heavy (non-hydrogen) atoms. The fourth-order valence-corrected chi connectivity index (χ4v) is 3.69. The van der Waals surface area contributed by atoms with Crippen molar-refractivity contribution in [3.05, 3.63) is 48.6 Å². The van der Waals surface area contributed by atoms with E-state index in [-0.39, 0.29) is 24.3 Å². The van der Waals surface area contributed by atoms with Gasteiger partial charge in [0.2, 0.25) is 17.7 Å². The van der Waals surface area contributed by atoms with Gasteiger partial charge in [0.15, 0.2) is 0 Å². The summed E-state index contributed by atoms with van der Waals surface area (Å²) in [6.07, 6.45) is 2.26. The average molecular weight is 371 g/mol. The fraction of sp³-hybridized carbons (Fsp3) is 0.450. The number of hydrogen-bond acceptors (Lipinski definition) is 4. The monoisotopic (exact) mass is 371 g/mol. The van der Waals surface area contributed by atoms with Crippen LogP contribution in [-0.2, 0) is 24.5 Å². The highest BCUT2D eigenvalue weighted by Crippen LogP contribution is 2.36. The van der Waals surface area contributed by atoms with Gasteiger partial charge in [-0.05, 0) is 24.5 Å². The highest BCUT2D eigenvalue weighted by atomic mass is 16.5. The Kier molecular flexibility index (Phi) is 5.91. The number of ether oxygens (including phenoxy) is 1. The maximum absolute atomic E-state index is 13.3. The molecule has 2 N–H and O–H groups in total. The Morgan fingerprint density at radius 1 is 1.26 bits per heavy atom. The lowest BCUT2D eigenvalue weighted by Gasteiger charge is -2.41. The van der Waals surface area contributed by atoms with E-state index < -0.39 is 11.5 Å². The van der Waals surface area contributed by atoms with Gasteiger partial charge >= 0.3 is 0 Å². The van der Waals surface area contributed by atoms with E-state index in [0.717, 1.165) is 5.56 Å². The summed E-state index contributed by atoms with van der Waals surface area (Å²) in [5.41, 5.74) is 0.106. The van der Waals surface area contributed by atoms with E-state index in [2.05, 4.69) is 17.2 Å². The van der Waals surface area contributed by atoms with Crippen molar-refractivity contribution in [1.29, 1.82) is 0 Å². The molecular weight excluding hydrogens is 346 g/mol. The normalized spacial score (nSPS) is 22.3. The van der Waals surface area contributed by atoms with E-state index >= 15 is 0 Å². The van der Waals surface area contributed by atoms with Gasteiger partial charge in [-0.1, -0.05) is 36.9 Å². The molecule has 3 rings (SSSR count). The molecule has 7 nitrogen and oxygen atoms in total. The van der Waals surface area contributed by atoms with Gasteiger partial charge in [0.05, 0.1) is 18.6 Å². The summed E-state index contributed by atoms with van der Waals surface area (Å²) in [5.74, 6) is -0.568. The van der Waals surface area contributed by atoms with Crippen LogP contribution in [-0.4, -0.2) is 61.5 Å². The van der Waals surface area contributed by atoms with Crippen molar-refractivity contribution in [2.75, 3.05) is 32.8 Å². The summed E-state index contributed by atoms with van der Waals surface area (Å²) in [7, 11) is 0. The molecule has 3 amide bonds. The molecule has 144 valence electrons. The van der Waals surface area contributed by atoms with Crippen LogP contribution in [0.1, 0.15) is 18.4 Å². The van der Waals surface area contributed by atoms with Crippen LogP contribution in [0.5, 0.6) is 0 Å². The molecule has 0 aliphatic carbocycles. The standard InChI is InChI=1S/C20H25N3O4/c1-2-17(24)23-11-8-20(9-12-23,15-6-4-3-5-7-15)19(26)22-16-14-27-13-10-21-18(16)25/h2-7,16H,1,8-14H2,(H,21,25)(H,22,26). The van der Waals surface area contributed by atoms with Gasteiger partial charge in [-0.2, -0.15) is 0 Å². The van der Waals surface area contributed by atoms with Crippen LogP contribution < -0.4 is 10.6 Å². The third-order valence-electron chi connectivity index (χ3n) is 5.32. The predicted octanol–water partition coefficient (Wildman–Crippen LogP) is 0.364. The minimum Gasteiger partial charge on any atom is -0.377 e. The Bertz CT molecular complexity index is 711. The van der Waals surface area contributed by atoms with Gasteiger partial charge in [-0.25, -0.2) is 0 Å². The number of piperidine rings is 1. The van der Waals surface area contributed by atoms with Gasteiger partial charge in [-0.15, -0.1) is 0 Å². The van der Waals surface area contributed by atoms with Gasteiger partial charge < -0.3 is 20.3 Å². The zero-order chi connectivity index (χ0) is 19.3. The zero-order valence-electron chi connectivity index (χ0n) is 15.3. The summed E-state index contributed by atoms with van der Waals surface area (Å²) in [4.78, 5) is 39.1. The molecule has 1 aromatic carbocycles. The molecular formula is C20H25N3O4. The molecule has 0 bridgehead atoms. The van der Waals surface area contributed by atoms with Crippen molar-refractivity contribution in [2.45, 2.75) is 24.3 Å². The van der Waals surface area contributed by atoms with Gasteiger partial charge in [-0.3, -0.25) is 14.4 Å². The van der Waals surface area contributed by atoms with Crippen molar-refractivity contribution in [3.63, 3.8) is 0 Å². The number of hydrogen-bond donors (Lipinski definition) is 2. The maximum atomic E-state index is 13.3. The van der Waals surface area contributed by atoms with E-state index in [4.69, 9.17) is 4.74 Å². The summed E-state index contributed by atoms with van der Waals surface area (Å²) < 4.78 is 5.41. The minimum atomic E-state index is -0.786. The van der Waals surface area contributed by atoms with Gasteiger partial charge in [0, 0.05) is 19.6 Å². The van der Waals surface area contributed by atoms with Crippen LogP contribution in [0.2, 0.25) is 0 Å². The molecule has 2 heterocycles. The first-order valence-corrected chi connectivity index (χ1v) is 9.20. The molecule has 2 saturated heterocycles. The Labute approximate surface area is 158 Å². The molecule has 7 heteroatoms. The van der Waals surface area contributed by atoms with E-state index in [1.165, 1.54) is 6.08 Å². The third-order valence-corrected chi connectivity index (χ3v) is 5.32. The first kappa shape index (κ1) is 19.1. The number of nitrogens with zero attached hydrogens (tertiary/aromatic N) is 1. The topological polar surface area (TPSA) is 87.7 Å². The zero-order valence-corrected chi connectivity index (χ0v) is 15.3. The molecule has 2 aliphatic rings. The first-order chi connectivity index (χ1) is 13.1. The molecule has 0 spiro atoms. The molecule has 0 aromatic heterocycles. The average Bonchev–Trinajstić information content (AvgIpc) is 2.92. The molecule has 1 aromatic rings. The lowest BCUT2D eigenvalue weighted by Crippen LogP contribution is -2.57. The van der Waals surface area contributed by atoms with Crippen LogP contribution in [0.3, 0.4) is 0 Å². The largest absolute Gasteiger partial charge is 0.377 e. The smallest absolute Gasteiger partial charge is 0.245 e. The fourth-order valence-electron chi connectivity index (χ4n) is 3.69. The van der Waals surface area contributed by atoms with Crippen molar-refractivity contribution in [2.24, 2.45) is 0 Å². The van der Waals surface area contributed by atoms with Crippen LogP contribution in [0.15, 0.2) is 43.0 Å². The minimum absolute atomic E-state index is 0.131. The third kappa shape index (κ3) is 4.03. The highest BCUT2D eigenvalue weighted by molar-refractivity contribution is 5.94. The van der Waals surface area contributed by atoms with E-state index in [1.54, 1.807) is 4.90 Å². The Hall–Kier alpha value is -2.67. The number of carbonyl (C=O) groups excluding carboxylic acids is 3. The second kappa shape index (κ2) is 8.35. The Morgan fingerprint density at radius 3 is 2.63 bits per heavy atom. The van der Waals surface area contributed by atoms with Crippen LogP contribution in [0.4, 0.5) is 0 Å². The van der Waals surface area contributed by atoms with Gasteiger partial charge in [0.1, 0.15) is 6.04 Å². The second-order valence-electron chi connectivity index (χ2n) is 6.87. The van der Waals surface area contributed by atoms with Crippen LogP contribution >= 0.6 is 0 Å². The van der Waals surface area contributed by atoms with Crippen molar-refractivity contribution in [1.82, 2.24) is 15.5 Å². The van der Waals surface area contributed by atoms with E-state index in [1.807, 2.05) is 30.3 Å². The molecule has 2 fully saturated rings. The second-order valence-corrected chi connectivity index (χ2v) is 6.87. The highest BCUT2D eigenvalue weighted by Gasteiger charge is 2.44. The predicted molar refractivity (Wildman–Crippen MR) is 99.9 cm³/mol. The van der Waals surface area contributed by atoms with Crippen molar-refractivity contribution < 1.29 is 19.1 Å². The summed E-state index contributed by atoms with van der Waals surface area (Å²) >= 11 is 0. The number of nitrogens with one attached hydrogen (secondary N) is 2. The Balaban J connectivity index is 1.82. The summed E-state index contributed by atoms with van der Waals surface area (Å²) in [6.45, 7) is 5.47. The van der Waals surface area contributed by atoms with Crippen molar-refractivity contribution >= 4 is 17.7 Å². The lowest BCUT2D eigenvalue weighted by molar-refractivity contribution is -0.136. The number of likely N-dealkylation sites (tertiary alicyclic amines) is 1. The lowest BCUT2D eigenvalue weighted by atomic mass is 9.71. The first-order valence-electron chi connectivity index (χ1n) is 9.20. The SMILES string of the molecule is C=CC(=O)N1CCC(C(=O)NC2COCCNC2=O)(c2ccccc2)CC1. The summed E-state index contributed by atoms with van der Waals surface area (Å²) in [5, 5.41) is 5.62. The molecule has 1 atom stereocenters. The molecule has 0 saturated carbocycles. The van der Waals surface area contributed by atoms with Gasteiger partial charge in [0.25, 0.3) is 0 Å². The molecule has 0 radical (unpaired) electrons. The number of benzene rings is 1. The number of amides is 3. The number of carbonyl (C=O) groups is 3. The number of rotatable bonds is 4. The van der Waals surface area contributed by atoms with Crippen LogP contribution in [0, 0.1) is 0 Å². The molecule has 2 aliphatic heterocycles. The maximum Gasteiger partial charge on any atom is 0.245 e. The van der Waals surface area contributed by atoms with E-state index in [0.29, 0.717) is 39.1 Å². The molecule has 1 unspecified atom stereocenters. The van der Waals surface area contributed by atoms with Crippen LogP contribution in [0.25, 0.3) is 0 Å². The quantitative estimate of drug-likeness (QED) is 0.749. The van der Waals surface area contributed by atoms with Crippen molar-refractivity contribution in [3.8, 4) is 0 Å². The summed E-state index contributed by atoms with van der Waals surface area (Å²) in [6, 6.07) is 8.83. The Morgan fingerprint density at radius 2 is 1.96 bits per heavy atom.